The average molecular weight is 540 g/mol. The molecule has 1 amide bonds. The summed E-state index contributed by atoms with van der Waals surface area (Å²) in [5, 5.41) is 13.2. The van der Waals surface area contributed by atoms with Gasteiger partial charge in [-0.1, -0.05) is 26.0 Å². The van der Waals surface area contributed by atoms with Gasteiger partial charge in [-0.25, -0.2) is 4.39 Å². The van der Waals surface area contributed by atoms with Crippen molar-refractivity contribution in [3.63, 3.8) is 0 Å². The molecule has 4 atom stereocenters. The second kappa shape index (κ2) is 11.6. The van der Waals surface area contributed by atoms with Gasteiger partial charge in [-0.15, -0.1) is 0 Å². The molecule has 0 bridgehead atoms. The van der Waals surface area contributed by atoms with E-state index in [1.165, 1.54) is 12.1 Å². The number of ether oxygens (including phenoxy) is 1. The van der Waals surface area contributed by atoms with Gasteiger partial charge >= 0.3 is 0 Å². The summed E-state index contributed by atoms with van der Waals surface area (Å²) < 4.78 is 19.1. The van der Waals surface area contributed by atoms with Crippen LogP contribution in [0.1, 0.15) is 44.5 Å². The standard InChI is InChI=1S/C30H42FN5O3/c1-20-13-35(25(12-32-20)14-34-15-26(17-37)39-18-21(34)2)16-28(38)36-19-30(3,4)29-27(36)10-23(11-33-29)9-22-5-7-24(31)8-6-22/h5-8,10-11,20-21,25-26,32,37H,9,12-19H2,1-4H3/t20?,21-,25-,26-/m1/s1. The van der Waals surface area contributed by atoms with Gasteiger partial charge in [-0.2, -0.15) is 0 Å². The van der Waals surface area contributed by atoms with Gasteiger partial charge in [0.2, 0.25) is 5.91 Å². The summed E-state index contributed by atoms with van der Waals surface area (Å²) in [5.74, 6) is -0.161. The number of benzene rings is 1. The summed E-state index contributed by atoms with van der Waals surface area (Å²) >= 11 is 0. The number of piperazine rings is 1. The van der Waals surface area contributed by atoms with E-state index in [0.717, 1.165) is 42.1 Å². The molecule has 4 heterocycles. The molecule has 0 radical (unpaired) electrons. The van der Waals surface area contributed by atoms with Crippen LogP contribution in [0.5, 0.6) is 0 Å². The van der Waals surface area contributed by atoms with Gasteiger partial charge in [-0.05, 0) is 49.6 Å². The van der Waals surface area contributed by atoms with Gasteiger partial charge in [0.05, 0.1) is 37.2 Å². The molecule has 3 aliphatic rings. The molecule has 0 aliphatic carbocycles. The highest BCUT2D eigenvalue weighted by Gasteiger charge is 2.41. The van der Waals surface area contributed by atoms with Crippen LogP contribution in [0, 0.1) is 5.82 Å². The fourth-order valence-electron chi connectivity index (χ4n) is 6.11. The zero-order valence-corrected chi connectivity index (χ0v) is 23.6. The first-order valence-corrected chi connectivity index (χ1v) is 14.1. The van der Waals surface area contributed by atoms with E-state index in [2.05, 4.69) is 48.9 Å². The van der Waals surface area contributed by atoms with Gasteiger partial charge in [0.15, 0.2) is 0 Å². The molecule has 1 aromatic carbocycles. The number of carbonyl (C=O) groups excluding carboxylic acids is 1. The molecule has 0 saturated carbocycles. The number of aliphatic hydroxyl groups excluding tert-OH is 1. The van der Waals surface area contributed by atoms with Crippen LogP contribution in [0.2, 0.25) is 0 Å². The maximum absolute atomic E-state index is 13.9. The Hall–Kier alpha value is -2.43. The topological polar surface area (TPSA) is 81.2 Å². The number of rotatable bonds is 7. The summed E-state index contributed by atoms with van der Waals surface area (Å²) in [6.45, 7) is 13.3. The number of morpholine rings is 1. The van der Waals surface area contributed by atoms with Gasteiger partial charge in [0.1, 0.15) is 5.82 Å². The Labute approximate surface area is 231 Å². The Morgan fingerprint density at radius 3 is 2.69 bits per heavy atom. The number of aromatic nitrogens is 1. The molecular weight excluding hydrogens is 497 g/mol. The Bertz CT molecular complexity index is 1160. The lowest BCUT2D eigenvalue weighted by molar-refractivity contribution is -0.121. The molecule has 1 unspecified atom stereocenters. The van der Waals surface area contributed by atoms with Crippen LogP contribution >= 0.6 is 0 Å². The molecule has 0 spiro atoms. The first kappa shape index (κ1) is 28.1. The molecule has 1 aromatic heterocycles. The molecule has 2 N–H and O–H groups in total. The number of halogens is 1. The van der Waals surface area contributed by atoms with Crippen molar-refractivity contribution < 1.29 is 19.0 Å². The summed E-state index contributed by atoms with van der Waals surface area (Å²) in [6, 6.07) is 9.36. The molecule has 5 rings (SSSR count). The van der Waals surface area contributed by atoms with E-state index in [0.29, 0.717) is 38.7 Å². The molecule has 2 saturated heterocycles. The van der Waals surface area contributed by atoms with Crippen molar-refractivity contribution in [2.45, 2.75) is 63.8 Å². The van der Waals surface area contributed by atoms with Crippen LogP contribution < -0.4 is 10.2 Å². The van der Waals surface area contributed by atoms with E-state index in [-0.39, 0.29) is 41.9 Å². The number of aliphatic hydroxyl groups is 1. The molecule has 212 valence electrons. The van der Waals surface area contributed by atoms with Crippen LogP contribution in [0.4, 0.5) is 10.1 Å². The highest BCUT2D eigenvalue weighted by molar-refractivity contribution is 5.97. The monoisotopic (exact) mass is 539 g/mol. The second-order valence-electron chi connectivity index (χ2n) is 12.2. The summed E-state index contributed by atoms with van der Waals surface area (Å²) in [6.07, 6.45) is 2.36. The average Bonchev–Trinajstić information content (AvgIpc) is 3.18. The predicted octanol–water partition coefficient (Wildman–Crippen LogP) is 2.18. The number of nitrogens with one attached hydrogen (secondary N) is 1. The summed E-state index contributed by atoms with van der Waals surface area (Å²) in [7, 11) is 0. The number of hydrogen-bond acceptors (Lipinski definition) is 7. The minimum absolute atomic E-state index is 0.0205. The number of nitrogens with zero attached hydrogens (tertiary/aromatic N) is 4. The lowest BCUT2D eigenvalue weighted by Gasteiger charge is -2.45. The third-order valence-corrected chi connectivity index (χ3v) is 8.38. The van der Waals surface area contributed by atoms with Crippen molar-refractivity contribution >= 4 is 11.6 Å². The van der Waals surface area contributed by atoms with Crippen molar-refractivity contribution in [1.82, 2.24) is 20.1 Å². The zero-order valence-electron chi connectivity index (χ0n) is 23.6. The maximum atomic E-state index is 13.9. The molecule has 3 aliphatic heterocycles. The van der Waals surface area contributed by atoms with E-state index in [4.69, 9.17) is 9.72 Å². The highest BCUT2D eigenvalue weighted by Crippen LogP contribution is 2.39. The predicted molar refractivity (Wildman–Crippen MR) is 150 cm³/mol. The number of anilines is 1. The molecule has 9 heteroatoms. The van der Waals surface area contributed by atoms with Crippen LogP contribution in [-0.4, -0.2) is 103 Å². The first-order valence-electron chi connectivity index (χ1n) is 14.1. The smallest absolute Gasteiger partial charge is 0.241 e. The summed E-state index contributed by atoms with van der Waals surface area (Å²) in [5.41, 5.74) is 3.60. The maximum Gasteiger partial charge on any atom is 0.241 e. The number of fused-ring (bicyclic) bond motifs is 1. The van der Waals surface area contributed by atoms with E-state index in [9.17, 15) is 14.3 Å². The van der Waals surface area contributed by atoms with Crippen molar-refractivity contribution in [3.8, 4) is 0 Å². The Morgan fingerprint density at radius 2 is 1.95 bits per heavy atom. The minimum atomic E-state index is -0.249. The minimum Gasteiger partial charge on any atom is -0.394 e. The van der Waals surface area contributed by atoms with Gasteiger partial charge < -0.3 is 20.1 Å². The zero-order chi connectivity index (χ0) is 27.7. The molecular formula is C30H42FN5O3. The van der Waals surface area contributed by atoms with Crippen LogP contribution in [0.25, 0.3) is 0 Å². The quantitative estimate of drug-likeness (QED) is 0.558. The SMILES string of the molecule is CC1CN(CC(=O)N2CC(C)(C)c3ncc(Cc4ccc(F)cc4)cc32)[C@@H](CN2C[C@H](CO)OC[C@H]2C)CN1. The second-order valence-corrected chi connectivity index (χ2v) is 12.2. The van der Waals surface area contributed by atoms with Crippen LogP contribution in [-0.2, 0) is 21.4 Å². The fraction of sp³-hybridized carbons (Fsp3) is 0.600. The highest BCUT2D eigenvalue weighted by atomic mass is 19.1. The van der Waals surface area contributed by atoms with Crippen molar-refractivity contribution in [1.29, 1.82) is 0 Å². The number of hydrogen-bond donors (Lipinski definition) is 2. The first-order chi connectivity index (χ1) is 18.6. The van der Waals surface area contributed by atoms with E-state index in [1.54, 1.807) is 12.1 Å². The normalized spacial score (nSPS) is 27.5. The largest absolute Gasteiger partial charge is 0.394 e. The Morgan fingerprint density at radius 1 is 1.18 bits per heavy atom. The van der Waals surface area contributed by atoms with Crippen LogP contribution in [0.15, 0.2) is 36.5 Å². The van der Waals surface area contributed by atoms with Crippen molar-refractivity contribution in [3.05, 3.63) is 59.2 Å². The molecule has 2 aromatic rings. The number of carbonyl (C=O) groups is 1. The fourth-order valence-corrected chi connectivity index (χ4v) is 6.11. The Kier molecular flexibility index (Phi) is 8.35. The molecule has 2 fully saturated rings. The van der Waals surface area contributed by atoms with E-state index >= 15 is 0 Å². The number of amides is 1. The van der Waals surface area contributed by atoms with Crippen molar-refractivity contribution in [2.24, 2.45) is 0 Å². The van der Waals surface area contributed by atoms with Crippen molar-refractivity contribution in [2.75, 3.05) is 57.4 Å². The van der Waals surface area contributed by atoms with Crippen LogP contribution in [0.3, 0.4) is 0 Å². The number of pyridine rings is 1. The molecule has 39 heavy (non-hydrogen) atoms. The van der Waals surface area contributed by atoms with E-state index < -0.39 is 0 Å². The third-order valence-electron chi connectivity index (χ3n) is 8.38. The van der Waals surface area contributed by atoms with Gasteiger partial charge in [0.25, 0.3) is 0 Å². The summed E-state index contributed by atoms with van der Waals surface area (Å²) in [4.78, 5) is 25.3. The van der Waals surface area contributed by atoms with Gasteiger partial charge in [0, 0.05) is 62.5 Å². The van der Waals surface area contributed by atoms with E-state index in [1.807, 2.05) is 11.1 Å². The molecule has 8 nitrogen and oxygen atoms in total. The lowest BCUT2D eigenvalue weighted by atomic mass is 9.91. The van der Waals surface area contributed by atoms with Gasteiger partial charge in [-0.3, -0.25) is 19.6 Å². The lowest BCUT2D eigenvalue weighted by Crippen LogP contribution is -2.62. The third kappa shape index (κ3) is 6.33. The Balaban J connectivity index is 1.32.